The van der Waals surface area contributed by atoms with Crippen LogP contribution in [0.1, 0.15) is 19.8 Å². The lowest BCUT2D eigenvalue weighted by atomic mass is 10.2. The highest BCUT2D eigenvalue weighted by atomic mass is 35.5. The molecule has 0 bridgehead atoms. The summed E-state index contributed by atoms with van der Waals surface area (Å²) in [5.41, 5.74) is 0. The third-order valence-corrected chi connectivity index (χ3v) is 2.65. The van der Waals surface area contributed by atoms with Crippen LogP contribution in [0.5, 0.6) is 5.75 Å². The molecule has 2 nitrogen and oxygen atoms in total. The number of benzene rings is 1. The number of nitrogens with one attached hydrogen (secondary N) is 1. The molecule has 0 aromatic heterocycles. The molecular weight excluding hydrogens is 234 g/mol. The summed E-state index contributed by atoms with van der Waals surface area (Å²) >= 11 is 5.80. The fourth-order valence-corrected chi connectivity index (χ4v) is 1.64. The zero-order valence-corrected chi connectivity index (χ0v) is 10.8. The molecule has 0 spiro atoms. The highest BCUT2D eigenvalue weighted by Crippen LogP contribution is 2.15. The number of rotatable bonds is 7. The van der Waals surface area contributed by atoms with Gasteiger partial charge in [-0.15, -0.1) is 12.3 Å². The Bertz CT molecular complexity index is 355. The van der Waals surface area contributed by atoms with E-state index < -0.39 is 0 Å². The number of likely N-dealkylation sites (N-methyl/N-ethyl adjacent to an activating group) is 1. The molecule has 0 heterocycles. The summed E-state index contributed by atoms with van der Waals surface area (Å²) in [5, 5.41) is 4.07. The average molecular weight is 252 g/mol. The van der Waals surface area contributed by atoms with Crippen molar-refractivity contribution in [2.24, 2.45) is 0 Å². The highest BCUT2D eigenvalue weighted by molar-refractivity contribution is 6.30. The van der Waals surface area contributed by atoms with Gasteiger partial charge in [0.2, 0.25) is 0 Å². The van der Waals surface area contributed by atoms with Crippen molar-refractivity contribution in [3.63, 3.8) is 0 Å². The summed E-state index contributed by atoms with van der Waals surface area (Å²) in [7, 11) is 0. The van der Waals surface area contributed by atoms with Crippen LogP contribution in [-0.2, 0) is 0 Å². The molecule has 0 aliphatic carbocycles. The number of hydrogen-bond acceptors (Lipinski definition) is 2. The molecule has 0 saturated heterocycles. The van der Waals surface area contributed by atoms with E-state index >= 15 is 0 Å². The summed E-state index contributed by atoms with van der Waals surface area (Å²) in [4.78, 5) is 0. The minimum Gasteiger partial charge on any atom is -0.492 e. The molecule has 1 atom stereocenters. The van der Waals surface area contributed by atoms with Crippen molar-refractivity contribution >= 4 is 11.6 Å². The van der Waals surface area contributed by atoms with Crippen molar-refractivity contribution in [2.75, 3.05) is 13.2 Å². The monoisotopic (exact) mass is 251 g/mol. The SMILES string of the molecule is C#CCCC(COc1ccc(Cl)cc1)NCC. The van der Waals surface area contributed by atoms with Crippen molar-refractivity contribution in [3.8, 4) is 18.1 Å². The molecule has 92 valence electrons. The van der Waals surface area contributed by atoms with Crippen LogP contribution in [0, 0.1) is 12.3 Å². The minimum atomic E-state index is 0.298. The first-order valence-electron chi connectivity index (χ1n) is 5.81. The molecule has 0 saturated carbocycles. The van der Waals surface area contributed by atoms with Crippen LogP contribution in [0.25, 0.3) is 0 Å². The largest absolute Gasteiger partial charge is 0.492 e. The number of terminal acetylenes is 1. The van der Waals surface area contributed by atoms with Crippen molar-refractivity contribution in [2.45, 2.75) is 25.8 Å². The minimum absolute atomic E-state index is 0.298. The van der Waals surface area contributed by atoms with Gasteiger partial charge in [0, 0.05) is 17.5 Å². The van der Waals surface area contributed by atoms with Gasteiger partial charge in [0.1, 0.15) is 12.4 Å². The first-order valence-corrected chi connectivity index (χ1v) is 6.19. The standard InChI is InChI=1S/C14H18ClNO/c1-3-5-6-13(16-4-2)11-17-14-9-7-12(15)8-10-14/h1,7-10,13,16H,4-6,11H2,2H3. The van der Waals surface area contributed by atoms with E-state index in [1.807, 2.05) is 24.3 Å². The van der Waals surface area contributed by atoms with Crippen LogP contribution in [0.4, 0.5) is 0 Å². The molecule has 0 aliphatic heterocycles. The third kappa shape index (κ3) is 5.63. The quantitative estimate of drug-likeness (QED) is 0.752. The van der Waals surface area contributed by atoms with Crippen LogP contribution < -0.4 is 10.1 Å². The normalized spacial score (nSPS) is 11.8. The predicted molar refractivity (Wildman–Crippen MR) is 72.5 cm³/mol. The first kappa shape index (κ1) is 13.9. The van der Waals surface area contributed by atoms with E-state index in [4.69, 9.17) is 22.8 Å². The average Bonchev–Trinajstić information content (AvgIpc) is 2.35. The van der Waals surface area contributed by atoms with Gasteiger partial charge < -0.3 is 10.1 Å². The number of hydrogen-bond donors (Lipinski definition) is 1. The molecule has 1 aromatic rings. The van der Waals surface area contributed by atoms with Gasteiger partial charge in [-0.3, -0.25) is 0 Å². The number of halogens is 1. The maximum absolute atomic E-state index is 5.80. The Balaban J connectivity index is 2.40. The van der Waals surface area contributed by atoms with Crippen LogP contribution in [-0.4, -0.2) is 19.2 Å². The maximum Gasteiger partial charge on any atom is 0.119 e. The van der Waals surface area contributed by atoms with Gasteiger partial charge in [0.25, 0.3) is 0 Å². The highest BCUT2D eigenvalue weighted by Gasteiger charge is 2.07. The van der Waals surface area contributed by atoms with E-state index in [1.54, 1.807) is 0 Å². The zero-order chi connectivity index (χ0) is 12.5. The molecule has 0 fully saturated rings. The molecular formula is C14H18ClNO. The third-order valence-electron chi connectivity index (χ3n) is 2.39. The van der Waals surface area contributed by atoms with Crippen molar-refractivity contribution in [1.82, 2.24) is 5.32 Å². The summed E-state index contributed by atoms with van der Waals surface area (Å²) < 4.78 is 5.68. The van der Waals surface area contributed by atoms with E-state index in [0.717, 1.165) is 25.1 Å². The molecule has 1 aromatic carbocycles. The summed E-state index contributed by atoms with van der Waals surface area (Å²) in [6, 6.07) is 7.67. The fourth-order valence-electron chi connectivity index (χ4n) is 1.52. The van der Waals surface area contributed by atoms with Gasteiger partial charge in [-0.25, -0.2) is 0 Å². The van der Waals surface area contributed by atoms with E-state index in [9.17, 15) is 0 Å². The summed E-state index contributed by atoms with van der Waals surface area (Å²) in [6.45, 7) is 3.61. The van der Waals surface area contributed by atoms with Gasteiger partial charge in [-0.05, 0) is 37.2 Å². The second kappa shape index (κ2) is 8.00. The van der Waals surface area contributed by atoms with Crippen LogP contribution in [0.2, 0.25) is 5.02 Å². The van der Waals surface area contributed by atoms with Gasteiger partial charge in [-0.1, -0.05) is 18.5 Å². The van der Waals surface area contributed by atoms with Crippen LogP contribution in [0.3, 0.4) is 0 Å². The molecule has 3 heteroatoms. The molecule has 1 rings (SSSR count). The lowest BCUT2D eigenvalue weighted by Crippen LogP contribution is -2.34. The van der Waals surface area contributed by atoms with Gasteiger partial charge in [0.15, 0.2) is 0 Å². The summed E-state index contributed by atoms with van der Waals surface area (Å²) in [5.74, 6) is 3.48. The number of ether oxygens (including phenoxy) is 1. The van der Waals surface area contributed by atoms with Crippen LogP contribution in [0.15, 0.2) is 24.3 Å². The Kier molecular flexibility index (Phi) is 6.54. The van der Waals surface area contributed by atoms with Gasteiger partial charge in [-0.2, -0.15) is 0 Å². The van der Waals surface area contributed by atoms with Gasteiger partial charge >= 0.3 is 0 Å². The molecule has 1 unspecified atom stereocenters. The first-order chi connectivity index (χ1) is 8.26. The van der Waals surface area contributed by atoms with Crippen molar-refractivity contribution in [3.05, 3.63) is 29.3 Å². The second-order valence-electron chi connectivity index (χ2n) is 3.76. The Morgan fingerprint density at radius 1 is 1.41 bits per heavy atom. The van der Waals surface area contributed by atoms with E-state index in [1.165, 1.54) is 0 Å². The Labute approximate surface area is 108 Å². The molecule has 17 heavy (non-hydrogen) atoms. The Morgan fingerprint density at radius 2 is 2.12 bits per heavy atom. The van der Waals surface area contributed by atoms with E-state index in [0.29, 0.717) is 17.7 Å². The molecule has 0 radical (unpaired) electrons. The molecule has 1 N–H and O–H groups in total. The zero-order valence-electron chi connectivity index (χ0n) is 10.1. The summed E-state index contributed by atoms with van der Waals surface area (Å²) in [6.07, 6.45) is 6.96. The van der Waals surface area contributed by atoms with E-state index in [2.05, 4.69) is 18.2 Å². The predicted octanol–water partition coefficient (Wildman–Crippen LogP) is 3.11. The van der Waals surface area contributed by atoms with Crippen molar-refractivity contribution in [1.29, 1.82) is 0 Å². The lowest BCUT2D eigenvalue weighted by molar-refractivity contribution is 0.259. The van der Waals surface area contributed by atoms with Crippen LogP contribution >= 0.6 is 11.6 Å². The maximum atomic E-state index is 5.80. The van der Waals surface area contributed by atoms with Crippen molar-refractivity contribution < 1.29 is 4.74 Å². The Hall–Kier alpha value is -1.17. The van der Waals surface area contributed by atoms with E-state index in [-0.39, 0.29) is 0 Å². The second-order valence-corrected chi connectivity index (χ2v) is 4.20. The Morgan fingerprint density at radius 3 is 2.71 bits per heavy atom. The topological polar surface area (TPSA) is 21.3 Å². The van der Waals surface area contributed by atoms with Gasteiger partial charge in [0.05, 0.1) is 0 Å². The molecule has 0 amide bonds. The molecule has 0 aliphatic rings. The fraction of sp³-hybridized carbons (Fsp3) is 0.429. The smallest absolute Gasteiger partial charge is 0.119 e. The lowest BCUT2D eigenvalue weighted by Gasteiger charge is -2.17.